The van der Waals surface area contributed by atoms with Gasteiger partial charge < -0.3 is 34.6 Å². The Labute approximate surface area is 205 Å². The molecule has 5 rings (SSSR count). The van der Waals surface area contributed by atoms with Crippen LogP contribution in [0.2, 0.25) is 0 Å². The highest BCUT2D eigenvalue weighted by Crippen LogP contribution is 2.31. The number of anilines is 3. The Balaban J connectivity index is 1.27. The van der Waals surface area contributed by atoms with Crippen LogP contribution in [0.1, 0.15) is 25.3 Å². The van der Waals surface area contributed by atoms with Gasteiger partial charge in [-0.3, -0.25) is 0 Å². The third-order valence-electron chi connectivity index (χ3n) is 6.43. The van der Waals surface area contributed by atoms with Gasteiger partial charge in [-0.05, 0) is 48.7 Å². The maximum absolute atomic E-state index is 5.68. The van der Waals surface area contributed by atoms with E-state index in [9.17, 15) is 0 Å². The Morgan fingerprint density at radius 3 is 2.35 bits per heavy atom. The number of aromatic nitrogens is 2. The SMILES string of the molecule is CC1CCN(c2cc(N3CCOCC3)nc(NC(=S)NCc3ccc4c(c3)OCCO4)n2)CC1. The highest BCUT2D eigenvalue weighted by molar-refractivity contribution is 7.80. The topological polar surface area (TPSA) is 84.0 Å². The van der Waals surface area contributed by atoms with Crippen LogP contribution in [0.15, 0.2) is 24.3 Å². The molecule has 2 fully saturated rings. The van der Waals surface area contributed by atoms with E-state index >= 15 is 0 Å². The number of nitrogens with one attached hydrogen (secondary N) is 2. The molecule has 2 aromatic rings. The van der Waals surface area contributed by atoms with Crippen LogP contribution in [0.3, 0.4) is 0 Å². The molecule has 34 heavy (non-hydrogen) atoms. The lowest BCUT2D eigenvalue weighted by Crippen LogP contribution is -2.38. The molecule has 10 heteroatoms. The van der Waals surface area contributed by atoms with Gasteiger partial charge in [0.15, 0.2) is 16.6 Å². The number of hydrogen-bond acceptors (Lipinski definition) is 8. The summed E-state index contributed by atoms with van der Waals surface area (Å²) < 4.78 is 16.8. The molecule has 0 unspecified atom stereocenters. The second kappa shape index (κ2) is 10.6. The molecule has 1 aromatic heterocycles. The van der Waals surface area contributed by atoms with E-state index in [-0.39, 0.29) is 0 Å². The van der Waals surface area contributed by atoms with Gasteiger partial charge in [-0.1, -0.05) is 13.0 Å². The molecule has 1 aromatic carbocycles. The standard InChI is InChI=1S/C24H32N6O3S/c1-17-4-6-29(7-5-17)21-15-22(30-8-10-31-11-9-30)27-23(26-21)28-24(34)25-16-18-2-3-19-20(14-18)33-13-12-32-19/h2-3,14-15,17H,4-13,16H2,1H3,(H2,25,26,27,28,34). The predicted molar refractivity (Wildman–Crippen MR) is 136 cm³/mol. The van der Waals surface area contributed by atoms with Crippen molar-refractivity contribution in [1.29, 1.82) is 0 Å². The van der Waals surface area contributed by atoms with Crippen molar-refractivity contribution < 1.29 is 14.2 Å². The number of rotatable bonds is 5. The van der Waals surface area contributed by atoms with E-state index < -0.39 is 0 Å². The van der Waals surface area contributed by atoms with Crippen molar-refractivity contribution in [2.75, 3.05) is 67.7 Å². The molecule has 2 N–H and O–H groups in total. The molecule has 0 amide bonds. The molecule has 0 saturated carbocycles. The molecule has 0 bridgehead atoms. The van der Waals surface area contributed by atoms with E-state index in [1.165, 1.54) is 12.8 Å². The lowest BCUT2D eigenvalue weighted by molar-refractivity contribution is 0.122. The van der Waals surface area contributed by atoms with Crippen LogP contribution in [-0.2, 0) is 11.3 Å². The lowest BCUT2D eigenvalue weighted by Gasteiger charge is -2.33. The molecule has 0 radical (unpaired) electrons. The van der Waals surface area contributed by atoms with Crippen molar-refractivity contribution in [3.8, 4) is 11.5 Å². The monoisotopic (exact) mass is 484 g/mol. The average Bonchev–Trinajstić information content (AvgIpc) is 2.88. The maximum Gasteiger partial charge on any atom is 0.232 e. The van der Waals surface area contributed by atoms with Gasteiger partial charge in [0.05, 0.1) is 13.2 Å². The molecule has 0 atom stereocenters. The summed E-state index contributed by atoms with van der Waals surface area (Å²) in [6, 6.07) is 8.02. The molecule has 182 valence electrons. The van der Waals surface area contributed by atoms with E-state index in [0.29, 0.717) is 44.0 Å². The first-order chi connectivity index (χ1) is 16.6. The van der Waals surface area contributed by atoms with Crippen molar-refractivity contribution in [2.24, 2.45) is 5.92 Å². The number of nitrogens with zero attached hydrogens (tertiary/aromatic N) is 4. The largest absolute Gasteiger partial charge is 0.486 e. The summed E-state index contributed by atoms with van der Waals surface area (Å²) in [5.41, 5.74) is 1.06. The van der Waals surface area contributed by atoms with Crippen molar-refractivity contribution >= 4 is 34.9 Å². The highest BCUT2D eigenvalue weighted by atomic mass is 32.1. The van der Waals surface area contributed by atoms with Crippen LogP contribution < -0.4 is 29.9 Å². The Morgan fingerprint density at radius 2 is 1.62 bits per heavy atom. The summed E-state index contributed by atoms with van der Waals surface area (Å²) in [6.07, 6.45) is 2.35. The van der Waals surface area contributed by atoms with Gasteiger partial charge in [0.1, 0.15) is 24.8 Å². The quantitative estimate of drug-likeness (QED) is 0.618. The van der Waals surface area contributed by atoms with Crippen LogP contribution in [-0.4, -0.2) is 67.7 Å². The van der Waals surface area contributed by atoms with Crippen molar-refractivity contribution in [1.82, 2.24) is 15.3 Å². The predicted octanol–water partition coefficient (Wildman–Crippen LogP) is 2.81. The smallest absolute Gasteiger partial charge is 0.232 e. The third-order valence-corrected chi connectivity index (χ3v) is 6.67. The van der Waals surface area contributed by atoms with Crippen LogP contribution in [0.4, 0.5) is 17.6 Å². The average molecular weight is 485 g/mol. The number of thiocarbonyl (C=S) groups is 1. The summed E-state index contributed by atoms with van der Waals surface area (Å²) in [5, 5.41) is 6.93. The summed E-state index contributed by atoms with van der Waals surface area (Å²) in [7, 11) is 0. The Bertz CT molecular complexity index is 1010. The molecular weight excluding hydrogens is 452 g/mol. The fraction of sp³-hybridized carbons (Fsp3) is 0.542. The van der Waals surface area contributed by atoms with E-state index in [1.807, 2.05) is 18.2 Å². The first-order valence-electron chi connectivity index (χ1n) is 12.0. The Hall–Kier alpha value is -2.85. The van der Waals surface area contributed by atoms with Gasteiger partial charge in [-0.25, -0.2) is 0 Å². The minimum atomic E-state index is 0.479. The highest BCUT2D eigenvalue weighted by Gasteiger charge is 2.21. The summed E-state index contributed by atoms with van der Waals surface area (Å²) >= 11 is 5.57. The van der Waals surface area contributed by atoms with Gasteiger partial charge in [-0.15, -0.1) is 0 Å². The number of hydrogen-bond donors (Lipinski definition) is 2. The summed E-state index contributed by atoms with van der Waals surface area (Å²) in [6.45, 7) is 9.09. The normalized spacial score (nSPS) is 18.5. The molecule has 0 spiro atoms. The van der Waals surface area contributed by atoms with Crippen LogP contribution >= 0.6 is 12.2 Å². The molecule has 3 aliphatic rings. The number of morpholine rings is 1. The Morgan fingerprint density at radius 1 is 0.941 bits per heavy atom. The number of ether oxygens (including phenoxy) is 3. The van der Waals surface area contributed by atoms with Gasteiger partial charge >= 0.3 is 0 Å². The fourth-order valence-electron chi connectivity index (χ4n) is 4.36. The van der Waals surface area contributed by atoms with E-state index in [0.717, 1.165) is 60.8 Å². The van der Waals surface area contributed by atoms with Crippen molar-refractivity contribution in [2.45, 2.75) is 26.3 Å². The zero-order chi connectivity index (χ0) is 23.3. The molecular formula is C24H32N6O3S. The third kappa shape index (κ3) is 5.61. The number of benzene rings is 1. The van der Waals surface area contributed by atoms with Crippen molar-refractivity contribution in [3.05, 3.63) is 29.8 Å². The lowest BCUT2D eigenvalue weighted by atomic mass is 9.99. The number of piperidine rings is 1. The molecule has 9 nitrogen and oxygen atoms in total. The minimum absolute atomic E-state index is 0.479. The molecule has 0 aliphatic carbocycles. The molecule has 4 heterocycles. The van der Waals surface area contributed by atoms with Gasteiger partial charge in [-0.2, -0.15) is 9.97 Å². The maximum atomic E-state index is 5.68. The van der Waals surface area contributed by atoms with Crippen LogP contribution in [0.5, 0.6) is 11.5 Å². The zero-order valence-corrected chi connectivity index (χ0v) is 20.4. The number of fused-ring (bicyclic) bond motifs is 1. The first kappa shape index (κ1) is 22.9. The minimum Gasteiger partial charge on any atom is -0.486 e. The van der Waals surface area contributed by atoms with Gasteiger partial charge in [0.2, 0.25) is 5.95 Å². The first-order valence-corrected chi connectivity index (χ1v) is 12.4. The summed E-state index contributed by atoms with van der Waals surface area (Å²) in [4.78, 5) is 14.2. The zero-order valence-electron chi connectivity index (χ0n) is 19.6. The second-order valence-electron chi connectivity index (χ2n) is 8.96. The Kier molecular flexibility index (Phi) is 7.15. The molecule has 3 aliphatic heterocycles. The van der Waals surface area contributed by atoms with Crippen LogP contribution in [0, 0.1) is 5.92 Å². The van der Waals surface area contributed by atoms with E-state index in [4.69, 9.17) is 36.4 Å². The summed E-state index contributed by atoms with van der Waals surface area (Å²) in [5.74, 6) is 4.67. The van der Waals surface area contributed by atoms with E-state index in [2.05, 4.69) is 33.4 Å². The fourth-order valence-corrected chi connectivity index (χ4v) is 4.52. The van der Waals surface area contributed by atoms with E-state index in [1.54, 1.807) is 0 Å². The van der Waals surface area contributed by atoms with Gasteiger partial charge in [0.25, 0.3) is 0 Å². The molecule has 2 saturated heterocycles. The second-order valence-corrected chi connectivity index (χ2v) is 9.37. The van der Waals surface area contributed by atoms with Gasteiger partial charge in [0, 0.05) is 38.8 Å². The van der Waals surface area contributed by atoms with Crippen LogP contribution in [0.25, 0.3) is 0 Å². The van der Waals surface area contributed by atoms with Crippen molar-refractivity contribution in [3.63, 3.8) is 0 Å².